The van der Waals surface area contributed by atoms with E-state index in [9.17, 15) is 27.6 Å². The van der Waals surface area contributed by atoms with Crippen molar-refractivity contribution in [2.45, 2.75) is 44.6 Å². The van der Waals surface area contributed by atoms with Gasteiger partial charge in [-0.05, 0) is 35.3 Å². The molecule has 2 unspecified atom stereocenters. The Labute approximate surface area is 226 Å². The van der Waals surface area contributed by atoms with E-state index in [1.165, 1.54) is 0 Å². The van der Waals surface area contributed by atoms with E-state index >= 15 is 0 Å². The number of piperazine rings is 1. The summed E-state index contributed by atoms with van der Waals surface area (Å²) < 4.78 is 46.2. The van der Waals surface area contributed by atoms with Crippen molar-refractivity contribution >= 4 is 45.2 Å². The number of fused-ring (bicyclic) bond motifs is 3. The second-order valence-electron chi connectivity index (χ2n) is 9.74. The molecule has 38 heavy (non-hydrogen) atoms. The molecule has 4 rings (SSSR count). The molecule has 210 valence electrons. The zero-order chi connectivity index (χ0) is 27.8. The summed E-state index contributed by atoms with van der Waals surface area (Å²) in [6, 6.07) is -2.16. The fourth-order valence-electron chi connectivity index (χ4n) is 5.13. The van der Waals surface area contributed by atoms with Gasteiger partial charge in [-0.25, -0.2) is 10.4 Å². The van der Waals surface area contributed by atoms with Gasteiger partial charge in [0.15, 0.2) is 11.7 Å². The molecule has 1 aromatic heterocycles. The van der Waals surface area contributed by atoms with Crippen LogP contribution in [0, 0.1) is 12.8 Å². The maximum Gasteiger partial charge on any atom is 0.402 e. The largest absolute Gasteiger partial charge is 0.402 e. The van der Waals surface area contributed by atoms with E-state index in [0.717, 1.165) is 15.7 Å². The third-order valence-corrected chi connectivity index (χ3v) is 7.88. The van der Waals surface area contributed by atoms with Gasteiger partial charge in [0.1, 0.15) is 6.04 Å². The Balaban J connectivity index is 1.26. The first-order chi connectivity index (χ1) is 17.9. The Kier molecular flexibility index (Phi) is 8.49. The molecular formula is C23H31BrF3N7O4. The lowest BCUT2D eigenvalue weighted by molar-refractivity contribution is -0.193. The van der Waals surface area contributed by atoms with Crippen LogP contribution in [0.4, 0.5) is 24.7 Å². The van der Waals surface area contributed by atoms with E-state index in [2.05, 4.69) is 31.7 Å². The molecule has 3 aliphatic heterocycles. The van der Waals surface area contributed by atoms with Crippen LogP contribution >= 0.6 is 15.9 Å². The molecule has 0 spiro atoms. The van der Waals surface area contributed by atoms with Crippen LogP contribution in [-0.4, -0.2) is 98.3 Å². The van der Waals surface area contributed by atoms with Crippen LogP contribution in [0.3, 0.4) is 0 Å². The number of rotatable bonds is 7. The van der Waals surface area contributed by atoms with Crippen molar-refractivity contribution in [1.29, 1.82) is 0 Å². The highest BCUT2D eigenvalue weighted by Gasteiger charge is 2.51. The lowest BCUT2D eigenvalue weighted by atomic mass is 9.96. The van der Waals surface area contributed by atoms with Crippen molar-refractivity contribution in [3.8, 4) is 0 Å². The zero-order valence-corrected chi connectivity index (χ0v) is 22.9. The second-order valence-corrected chi connectivity index (χ2v) is 10.6. The lowest BCUT2D eigenvalue weighted by Gasteiger charge is -2.47. The van der Waals surface area contributed by atoms with Gasteiger partial charge in [-0.1, -0.05) is 0 Å². The Morgan fingerprint density at radius 3 is 2.79 bits per heavy atom. The number of ether oxygens (including phenoxy) is 1. The third-order valence-electron chi connectivity index (χ3n) is 7.08. The van der Waals surface area contributed by atoms with Crippen molar-refractivity contribution < 1.29 is 32.3 Å². The summed E-state index contributed by atoms with van der Waals surface area (Å²) in [5, 5.41) is 2.79. The van der Waals surface area contributed by atoms with Gasteiger partial charge < -0.3 is 24.8 Å². The molecule has 0 aromatic carbocycles. The molecule has 11 nitrogen and oxygen atoms in total. The van der Waals surface area contributed by atoms with Crippen LogP contribution in [0.25, 0.3) is 0 Å². The number of nitrogens with zero attached hydrogens (tertiary/aromatic N) is 4. The van der Waals surface area contributed by atoms with Gasteiger partial charge in [0, 0.05) is 49.4 Å². The summed E-state index contributed by atoms with van der Waals surface area (Å²) in [6.45, 7) is 4.74. The average molecular weight is 606 g/mol. The number of hydrazine groups is 1. The van der Waals surface area contributed by atoms with Gasteiger partial charge in [-0.2, -0.15) is 13.2 Å². The Hall–Kier alpha value is -2.49. The molecule has 4 heterocycles. The van der Waals surface area contributed by atoms with Crippen LogP contribution < -0.4 is 26.0 Å². The second kappa shape index (κ2) is 11.3. The third kappa shape index (κ3) is 5.75. The Morgan fingerprint density at radius 1 is 1.34 bits per heavy atom. The van der Waals surface area contributed by atoms with E-state index in [4.69, 9.17) is 4.74 Å². The van der Waals surface area contributed by atoms with E-state index in [0.29, 0.717) is 18.9 Å². The number of alkyl halides is 3. The van der Waals surface area contributed by atoms with Crippen LogP contribution in [-0.2, 0) is 19.1 Å². The number of amides is 3. The van der Waals surface area contributed by atoms with Crippen LogP contribution in [0.15, 0.2) is 10.7 Å². The first-order valence-electron chi connectivity index (χ1n) is 12.3. The highest BCUT2D eigenvalue weighted by molar-refractivity contribution is 9.10. The summed E-state index contributed by atoms with van der Waals surface area (Å²) in [6.07, 6.45) is -2.89. The molecule has 3 amide bonds. The van der Waals surface area contributed by atoms with Gasteiger partial charge in [0.05, 0.1) is 31.9 Å². The smallest absolute Gasteiger partial charge is 0.379 e. The predicted octanol–water partition coefficient (Wildman–Crippen LogP) is 0.712. The van der Waals surface area contributed by atoms with Crippen LogP contribution in [0.5, 0.6) is 0 Å². The number of aromatic nitrogens is 1. The van der Waals surface area contributed by atoms with Crippen molar-refractivity contribution in [1.82, 2.24) is 26.1 Å². The summed E-state index contributed by atoms with van der Waals surface area (Å²) in [5.74, 6) is -2.87. The standard InChI is InChI=1S/C23H31BrF3N7O4/c1-12(30-15-9-29-31-21(36)18(15)23(25,26)27)11-38-7-4-17(35)33-5-6-34-16(10-33)22(37)32(3)19-13(2)14(24)8-28-20(19)34/h8,12,15-16,18,29-30H,4-7,9-11H2,1-3H3,(H,31,36)/t12-,15?,16-,18?/m0/s1. The molecule has 1 aromatic rings. The minimum absolute atomic E-state index is 0.0625. The van der Waals surface area contributed by atoms with Crippen molar-refractivity contribution in [2.75, 3.05) is 56.2 Å². The number of carbonyl (C=O) groups is 3. The van der Waals surface area contributed by atoms with Gasteiger partial charge in [0.25, 0.3) is 5.91 Å². The molecule has 15 heteroatoms. The monoisotopic (exact) mass is 605 g/mol. The molecule has 0 bridgehead atoms. The molecule has 3 aliphatic rings. The molecule has 2 saturated heterocycles. The van der Waals surface area contributed by atoms with E-state index in [-0.39, 0.29) is 44.5 Å². The first kappa shape index (κ1) is 28.5. The number of pyridine rings is 1. The van der Waals surface area contributed by atoms with E-state index < -0.39 is 36.1 Å². The number of likely N-dealkylation sites (N-methyl/N-ethyl adjacent to an activating group) is 1. The van der Waals surface area contributed by atoms with Gasteiger partial charge in [0.2, 0.25) is 11.8 Å². The maximum atomic E-state index is 13.3. The SMILES string of the molecule is Cc1c(Br)cnc2c1N(C)C(=O)[C@@H]1CN(C(=O)CCOC[C@H](C)NC3CNNC(=O)C3C(F)(F)F)CCN21. The maximum absolute atomic E-state index is 13.3. The minimum Gasteiger partial charge on any atom is -0.379 e. The van der Waals surface area contributed by atoms with Crippen molar-refractivity contribution in [2.24, 2.45) is 5.92 Å². The highest BCUT2D eigenvalue weighted by atomic mass is 79.9. The van der Waals surface area contributed by atoms with Crippen LogP contribution in [0.1, 0.15) is 18.9 Å². The fourth-order valence-corrected chi connectivity index (χ4v) is 5.42. The molecule has 0 saturated carbocycles. The summed E-state index contributed by atoms with van der Waals surface area (Å²) in [5.41, 5.74) is 6.14. The van der Waals surface area contributed by atoms with Crippen LogP contribution in [0.2, 0.25) is 0 Å². The Bertz CT molecular complexity index is 1090. The van der Waals surface area contributed by atoms with E-state index in [1.54, 1.807) is 30.0 Å². The molecule has 0 radical (unpaired) electrons. The molecule has 0 aliphatic carbocycles. The van der Waals surface area contributed by atoms with Gasteiger partial charge in [-0.15, -0.1) is 0 Å². The normalized spacial score (nSPS) is 24.6. The topological polar surface area (TPSA) is 119 Å². The number of carbonyl (C=O) groups excluding carboxylic acids is 3. The average Bonchev–Trinajstić information content (AvgIpc) is 2.85. The van der Waals surface area contributed by atoms with E-state index in [1.807, 2.05) is 17.2 Å². The number of hydrogen-bond acceptors (Lipinski definition) is 8. The van der Waals surface area contributed by atoms with Gasteiger partial charge >= 0.3 is 6.18 Å². The summed E-state index contributed by atoms with van der Waals surface area (Å²) in [7, 11) is 1.70. The van der Waals surface area contributed by atoms with Crippen molar-refractivity contribution in [3.63, 3.8) is 0 Å². The first-order valence-corrected chi connectivity index (χ1v) is 13.1. The fraction of sp³-hybridized carbons (Fsp3) is 0.652. The number of nitrogens with one attached hydrogen (secondary N) is 3. The number of anilines is 2. The number of hydrogen-bond donors (Lipinski definition) is 3. The zero-order valence-electron chi connectivity index (χ0n) is 21.3. The minimum atomic E-state index is -4.68. The Morgan fingerprint density at radius 2 is 2.08 bits per heavy atom. The highest BCUT2D eigenvalue weighted by Crippen LogP contribution is 2.40. The molecular weight excluding hydrogens is 575 g/mol. The molecule has 3 N–H and O–H groups in total. The van der Waals surface area contributed by atoms with Gasteiger partial charge in [-0.3, -0.25) is 19.8 Å². The number of halogens is 4. The quantitative estimate of drug-likeness (QED) is 0.389. The molecule has 4 atom stereocenters. The summed E-state index contributed by atoms with van der Waals surface area (Å²) in [4.78, 5) is 47.4. The predicted molar refractivity (Wildman–Crippen MR) is 135 cm³/mol. The summed E-state index contributed by atoms with van der Waals surface area (Å²) >= 11 is 3.46. The van der Waals surface area contributed by atoms with Crippen molar-refractivity contribution in [3.05, 3.63) is 16.2 Å². The lowest BCUT2D eigenvalue weighted by Crippen LogP contribution is -2.65. The molecule has 2 fully saturated rings.